The maximum Gasteiger partial charge on any atom is 0.338 e. The molecule has 0 spiro atoms. The van der Waals surface area contributed by atoms with Gasteiger partial charge in [0.1, 0.15) is 6.61 Å². The third-order valence-electron chi connectivity index (χ3n) is 3.47. The van der Waals surface area contributed by atoms with Crippen molar-refractivity contribution in [1.82, 2.24) is 0 Å². The second-order valence-electron chi connectivity index (χ2n) is 5.61. The molecule has 30 heavy (non-hydrogen) atoms. The van der Waals surface area contributed by atoms with Crippen LogP contribution in [-0.4, -0.2) is 72.9 Å². The Morgan fingerprint density at radius 3 is 1.63 bits per heavy atom. The quantitative estimate of drug-likeness (QED) is 0.367. The molecule has 9 nitrogen and oxygen atoms in total. The number of carboxylic acid groups (broad SMARTS) is 2. The normalized spacial score (nSPS) is 9.90. The number of carboxylic acids is 2. The number of esters is 1. The fraction of sp³-hybridized carbons (Fsp3) is 0.286. The van der Waals surface area contributed by atoms with E-state index < -0.39 is 11.9 Å². The van der Waals surface area contributed by atoms with E-state index in [-0.39, 0.29) is 30.3 Å². The van der Waals surface area contributed by atoms with Crippen molar-refractivity contribution in [2.75, 3.05) is 39.6 Å². The number of hydrogen-bond acceptors (Lipinski definition) is 7. The van der Waals surface area contributed by atoms with E-state index >= 15 is 0 Å². The first-order valence-electron chi connectivity index (χ1n) is 9.01. The van der Waals surface area contributed by atoms with E-state index in [4.69, 9.17) is 29.5 Å². The van der Waals surface area contributed by atoms with Gasteiger partial charge >= 0.3 is 17.9 Å². The van der Waals surface area contributed by atoms with E-state index in [1.807, 2.05) is 6.07 Å². The van der Waals surface area contributed by atoms with Gasteiger partial charge in [0, 0.05) is 0 Å². The minimum Gasteiger partial charge on any atom is -0.478 e. The summed E-state index contributed by atoms with van der Waals surface area (Å²) in [4.78, 5) is 32.4. The average molecular weight is 420 g/mol. The van der Waals surface area contributed by atoms with Gasteiger partial charge in [-0.15, -0.1) is 0 Å². The summed E-state index contributed by atoms with van der Waals surface area (Å²) in [5.74, 6) is -2.81. The number of benzene rings is 2. The van der Waals surface area contributed by atoms with Gasteiger partial charge in [0.2, 0.25) is 0 Å². The molecule has 0 amide bonds. The minimum absolute atomic E-state index is 0.00862. The van der Waals surface area contributed by atoms with Crippen LogP contribution in [0.25, 0.3) is 0 Å². The van der Waals surface area contributed by atoms with Crippen molar-refractivity contribution in [3.8, 4) is 0 Å². The third kappa shape index (κ3) is 9.78. The van der Waals surface area contributed by atoms with Gasteiger partial charge in [-0.2, -0.15) is 0 Å². The molecule has 0 aliphatic carbocycles. The highest BCUT2D eigenvalue weighted by Crippen LogP contribution is 2.07. The highest BCUT2D eigenvalue weighted by atomic mass is 16.6. The van der Waals surface area contributed by atoms with Gasteiger partial charge in [-0.1, -0.05) is 30.3 Å². The predicted octanol–water partition coefficient (Wildman–Crippen LogP) is 1.95. The van der Waals surface area contributed by atoms with Gasteiger partial charge < -0.3 is 29.5 Å². The Morgan fingerprint density at radius 2 is 1.13 bits per heavy atom. The maximum atomic E-state index is 11.5. The summed E-state index contributed by atoms with van der Waals surface area (Å²) in [6, 6.07) is 14.3. The van der Waals surface area contributed by atoms with Gasteiger partial charge in [0.15, 0.2) is 0 Å². The molecule has 2 rings (SSSR count). The largest absolute Gasteiger partial charge is 0.478 e. The van der Waals surface area contributed by atoms with Crippen LogP contribution in [0.15, 0.2) is 54.6 Å². The van der Waals surface area contributed by atoms with Crippen molar-refractivity contribution in [3.05, 3.63) is 71.3 Å². The summed E-state index contributed by atoms with van der Waals surface area (Å²) < 4.78 is 15.2. The SMILES string of the molecule is O=C(O)c1ccccc1C(=O)O.O=C(OCCOCCOCCO)c1ccccc1. The molecule has 3 N–H and O–H groups in total. The van der Waals surface area contributed by atoms with E-state index in [9.17, 15) is 14.4 Å². The minimum atomic E-state index is -1.23. The molecule has 0 heterocycles. The van der Waals surface area contributed by atoms with Crippen molar-refractivity contribution in [1.29, 1.82) is 0 Å². The summed E-state index contributed by atoms with van der Waals surface area (Å²) >= 11 is 0. The van der Waals surface area contributed by atoms with Crippen LogP contribution in [0.4, 0.5) is 0 Å². The molecule has 0 fully saturated rings. The highest BCUT2D eigenvalue weighted by molar-refractivity contribution is 6.01. The number of ether oxygens (including phenoxy) is 3. The zero-order valence-electron chi connectivity index (χ0n) is 16.2. The third-order valence-corrected chi connectivity index (χ3v) is 3.47. The first kappa shape index (κ1) is 24.8. The smallest absolute Gasteiger partial charge is 0.338 e. The fourth-order valence-electron chi connectivity index (χ4n) is 2.09. The Bertz CT molecular complexity index is 757. The molecule has 0 aliphatic heterocycles. The lowest BCUT2D eigenvalue weighted by Crippen LogP contribution is -2.13. The fourth-order valence-corrected chi connectivity index (χ4v) is 2.09. The number of carbonyl (C=O) groups is 3. The van der Waals surface area contributed by atoms with E-state index in [1.165, 1.54) is 24.3 Å². The van der Waals surface area contributed by atoms with E-state index in [0.29, 0.717) is 32.0 Å². The molecule has 2 aromatic carbocycles. The molecule has 0 unspecified atom stereocenters. The summed E-state index contributed by atoms with van der Waals surface area (Å²) in [7, 11) is 0. The van der Waals surface area contributed by atoms with Gasteiger partial charge in [0.25, 0.3) is 0 Å². The summed E-state index contributed by atoms with van der Waals surface area (Å²) in [5.41, 5.74) is 0.152. The van der Waals surface area contributed by atoms with Crippen LogP contribution in [0.3, 0.4) is 0 Å². The Kier molecular flexibility index (Phi) is 12.1. The van der Waals surface area contributed by atoms with Crippen LogP contribution in [0.1, 0.15) is 31.1 Å². The highest BCUT2D eigenvalue weighted by Gasteiger charge is 2.13. The Labute approximate surface area is 173 Å². The molecule has 2 aromatic rings. The van der Waals surface area contributed by atoms with Crippen molar-refractivity contribution in [2.24, 2.45) is 0 Å². The van der Waals surface area contributed by atoms with Crippen molar-refractivity contribution in [3.63, 3.8) is 0 Å². The first-order valence-corrected chi connectivity index (χ1v) is 9.01. The second kappa shape index (κ2) is 14.7. The number of hydrogen-bond donors (Lipinski definition) is 3. The number of carbonyl (C=O) groups excluding carboxylic acids is 1. The Hall–Kier alpha value is -3.27. The summed E-state index contributed by atoms with van der Waals surface area (Å²) in [6.07, 6.45) is 0. The maximum absolute atomic E-state index is 11.5. The van der Waals surface area contributed by atoms with E-state index in [0.717, 1.165) is 0 Å². The van der Waals surface area contributed by atoms with Crippen LogP contribution in [0, 0.1) is 0 Å². The number of aliphatic hydroxyl groups is 1. The first-order chi connectivity index (χ1) is 14.5. The van der Waals surface area contributed by atoms with Crippen molar-refractivity contribution in [2.45, 2.75) is 0 Å². The molecule has 0 aromatic heterocycles. The molecular formula is C21H24O9. The standard InChI is InChI=1S/C13H18O5.C8H6O4/c14-6-7-16-8-9-17-10-11-18-13(15)12-4-2-1-3-5-12;9-7(10)5-3-1-2-4-6(5)8(11)12/h1-5,14H,6-11H2;1-4H,(H,9,10)(H,11,12). The number of aliphatic hydroxyl groups excluding tert-OH is 1. The van der Waals surface area contributed by atoms with E-state index in [1.54, 1.807) is 24.3 Å². The molecule has 0 saturated carbocycles. The lowest BCUT2D eigenvalue weighted by Gasteiger charge is -2.06. The van der Waals surface area contributed by atoms with Crippen LogP contribution in [0.5, 0.6) is 0 Å². The Morgan fingerprint density at radius 1 is 0.667 bits per heavy atom. The second-order valence-corrected chi connectivity index (χ2v) is 5.61. The van der Waals surface area contributed by atoms with Gasteiger partial charge in [0.05, 0.1) is 49.7 Å². The topological polar surface area (TPSA) is 140 Å². The zero-order chi connectivity index (χ0) is 22.2. The number of rotatable bonds is 11. The molecule has 0 saturated heterocycles. The van der Waals surface area contributed by atoms with Crippen molar-refractivity contribution < 1.29 is 43.9 Å². The average Bonchev–Trinajstić information content (AvgIpc) is 2.76. The predicted molar refractivity (Wildman–Crippen MR) is 106 cm³/mol. The molecule has 0 atom stereocenters. The Balaban J connectivity index is 0.000000325. The van der Waals surface area contributed by atoms with Gasteiger partial charge in [-0.3, -0.25) is 0 Å². The van der Waals surface area contributed by atoms with Crippen LogP contribution < -0.4 is 0 Å². The molecule has 9 heteroatoms. The summed E-state index contributed by atoms with van der Waals surface area (Å²) in [5, 5.41) is 25.6. The molecule has 0 bridgehead atoms. The van der Waals surface area contributed by atoms with Crippen LogP contribution >= 0.6 is 0 Å². The molecule has 162 valence electrons. The molecule has 0 aliphatic rings. The number of aromatic carboxylic acids is 2. The van der Waals surface area contributed by atoms with Crippen molar-refractivity contribution >= 4 is 17.9 Å². The zero-order valence-corrected chi connectivity index (χ0v) is 16.2. The van der Waals surface area contributed by atoms with Gasteiger partial charge in [-0.05, 0) is 24.3 Å². The van der Waals surface area contributed by atoms with E-state index in [2.05, 4.69) is 0 Å². The molecular weight excluding hydrogens is 396 g/mol. The van der Waals surface area contributed by atoms with Gasteiger partial charge in [-0.25, -0.2) is 14.4 Å². The van der Waals surface area contributed by atoms with Crippen LogP contribution in [-0.2, 0) is 14.2 Å². The lowest BCUT2D eigenvalue weighted by molar-refractivity contribution is 0.00919. The van der Waals surface area contributed by atoms with Crippen LogP contribution in [0.2, 0.25) is 0 Å². The lowest BCUT2D eigenvalue weighted by atomic mass is 10.1. The monoisotopic (exact) mass is 420 g/mol. The molecule has 0 radical (unpaired) electrons. The summed E-state index contributed by atoms with van der Waals surface area (Å²) in [6.45, 7) is 1.71.